The largest absolute Gasteiger partial charge is 0.444 e. The van der Waals surface area contributed by atoms with Gasteiger partial charge in [0.05, 0.1) is 18.3 Å². The molecule has 0 bridgehead atoms. The molecule has 2 heterocycles. The summed E-state index contributed by atoms with van der Waals surface area (Å²) in [6.45, 7) is 2.47. The van der Waals surface area contributed by atoms with Crippen LogP contribution in [-0.4, -0.2) is 15.0 Å². The predicted molar refractivity (Wildman–Crippen MR) is 73.3 cm³/mol. The van der Waals surface area contributed by atoms with Gasteiger partial charge in [-0.1, -0.05) is 19.1 Å². The van der Waals surface area contributed by atoms with Crippen LogP contribution in [0.4, 0.5) is 5.82 Å². The Morgan fingerprint density at radius 1 is 1.50 bits per heavy atom. The maximum Gasteiger partial charge on any atom is 0.213 e. The summed E-state index contributed by atoms with van der Waals surface area (Å²) < 4.78 is 5.49. The highest BCUT2D eigenvalue weighted by atomic mass is 32.1. The summed E-state index contributed by atoms with van der Waals surface area (Å²) in [6.07, 6.45) is 4.23. The van der Waals surface area contributed by atoms with Crippen molar-refractivity contribution in [2.75, 3.05) is 5.32 Å². The molecule has 0 aliphatic rings. The number of rotatable bonds is 5. The van der Waals surface area contributed by atoms with Crippen molar-refractivity contribution in [1.29, 1.82) is 0 Å². The SMILES string of the molecule is CCc1cnc(CNc2ncccc2C(N)=S)o1. The number of aromatic nitrogens is 2. The van der Waals surface area contributed by atoms with Gasteiger partial charge in [0.25, 0.3) is 0 Å². The van der Waals surface area contributed by atoms with Crippen LogP contribution >= 0.6 is 12.2 Å². The van der Waals surface area contributed by atoms with Crippen LogP contribution in [0.3, 0.4) is 0 Å². The van der Waals surface area contributed by atoms with E-state index >= 15 is 0 Å². The molecule has 3 N–H and O–H groups in total. The molecule has 0 aliphatic heterocycles. The van der Waals surface area contributed by atoms with Gasteiger partial charge in [-0.05, 0) is 12.1 Å². The first kappa shape index (κ1) is 12.5. The van der Waals surface area contributed by atoms with E-state index in [1.807, 2.05) is 13.0 Å². The van der Waals surface area contributed by atoms with Gasteiger partial charge in [0.2, 0.25) is 5.89 Å². The Kier molecular flexibility index (Phi) is 3.88. The summed E-state index contributed by atoms with van der Waals surface area (Å²) in [6, 6.07) is 3.62. The number of pyridine rings is 1. The van der Waals surface area contributed by atoms with E-state index in [-0.39, 0.29) is 0 Å². The topological polar surface area (TPSA) is 77.0 Å². The molecule has 5 nitrogen and oxygen atoms in total. The highest BCUT2D eigenvalue weighted by Crippen LogP contribution is 2.13. The molecule has 94 valence electrons. The molecule has 0 amide bonds. The van der Waals surface area contributed by atoms with Gasteiger partial charge >= 0.3 is 0 Å². The third-order valence-corrected chi connectivity index (χ3v) is 2.65. The van der Waals surface area contributed by atoms with Gasteiger partial charge in [0.1, 0.15) is 16.6 Å². The maximum atomic E-state index is 5.62. The molecule has 0 saturated carbocycles. The molecule has 0 unspecified atom stereocenters. The van der Waals surface area contributed by atoms with Crippen molar-refractivity contribution in [1.82, 2.24) is 9.97 Å². The first-order chi connectivity index (χ1) is 8.70. The zero-order valence-electron chi connectivity index (χ0n) is 10.0. The fourth-order valence-corrected chi connectivity index (χ4v) is 1.66. The Hall–Kier alpha value is -1.95. The quantitative estimate of drug-likeness (QED) is 0.801. The molecule has 0 spiro atoms. The zero-order valence-corrected chi connectivity index (χ0v) is 10.8. The fourth-order valence-electron chi connectivity index (χ4n) is 1.50. The molecular weight excluding hydrogens is 248 g/mol. The van der Waals surface area contributed by atoms with Crippen LogP contribution in [0.15, 0.2) is 28.9 Å². The minimum Gasteiger partial charge on any atom is -0.444 e. The molecule has 0 aromatic carbocycles. The molecule has 2 aromatic rings. The lowest BCUT2D eigenvalue weighted by molar-refractivity contribution is 0.465. The summed E-state index contributed by atoms with van der Waals surface area (Å²) in [5, 5.41) is 3.11. The van der Waals surface area contributed by atoms with E-state index < -0.39 is 0 Å². The lowest BCUT2D eigenvalue weighted by atomic mass is 10.2. The van der Waals surface area contributed by atoms with Crippen molar-refractivity contribution in [3.8, 4) is 0 Å². The van der Waals surface area contributed by atoms with Crippen molar-refractivity contribution in [3.63, 3.8) is 0 Å². The van der Waals surface area contributed by atoms with Crippen molar-refractivity contribution >= 4 is 23.0 Å². The number of thiocarbonyl (C=S) groups is 1. The Bertz CT molecular complexity index is 553. The number of hydrogen-bond donors (Lipinski definition) is 2. The predicted octanol–water partition coefficient (Wildman–Crippen LogP) is 1.88. The first-order valence-electron chi connectivity index (χ1n) is 5.63. The average Bonchev–Trinajstić information content (AvgIpc) is 2.84. The molecule has 18 heavy (non-hydrogen) atoms. The van der Waals surface area contributed by atoms with Crippen molar-refractivity contribution in [2.24, 2.45) is 5.73 Å². The summed E-state index contributed by atoms with van der Waals surface area (Å²) in [5.74, 6) is 2.12. The Morgan fingerprint density at radius 2 is 2.33 bits per heavy atom. The number of anilines is 1. The van der Waals surface area contributed by atoms with Gasteiger partial charge in [0.15, 0.2) is 0 Å². The van der Waals surface area contributed by atoms with E-state index in [1.165, 1.54) is 0 Å². The van der Waals surface area contributed by atoms with E-state index in [0.717, 1.165) is 17.7 Å². The molecule has 2 rings (SSSR count). The minimum absolute atomic E-state index is 0.312. The number of nitrogens with zero attached hydrogens (tertiary/aromatic N) is 2. The molecule has 6 heteroatoms. The highest BCUT2D eigenvalue weighted by Gasteiger charge is 2.07. The molecule has 0 saturated heterocycles. The van der Waals surface area contributed by atoms with Crippen molar-refractivity contribution in [3.05, 3.63) is 41.7 Å². The molecule has 0 radical (unpaired) electrons. The third kappa shape index (κ3) is 2.84. The molecule has 0 aliphatic carbocycles. The van der Waals surface area contributed by atoms with Crippen LogP contribution in [0.5, 0.6) is 0 Å². The standard InChI is InChI=1S/C12H14N4OS/c1-2-8-6-15-10(17-8)7-16-12-9(11(13)18)4-3-5-14-12/h3-6H,2,7H2,1H3,(H2,13,18)(H,14,16). The molecule has 2 aromatic heterocycles. The molecule has 0 fully saturated rings. The van der Waals surface area contributed by atoms with Crippen molar-refractivity contribution in [2.45, 2.75) is 19.9 Å². The lowest BCUT2D eigenvalue weighted by Crippen LogP contribution is -2.14. The van der Waals surface area contributed by atoms with E-state index in [9.17, 15) is 0 Å². The number of oxazole rings is 1. The second-order valence-electron chi connectivity index (χ2n) is 3.69. The smallest absolute Gasteiger partial charge is 0.213 e. The van der Waals surface area contributed by atoms with Gasteiger partial charge in [-0.15, -0.1) is 0 Å². The number of nitrogens with two attached hydrogens (primary N) is 1. The van der Waals surface area contributed by atoms with Crippen LogP contribution in [0.1, 0.15) is 24.1 Å². The monoisotopic (exact) mass is 262 g/mol. The summed E-state index contributed by atoms with van der Waals surface area (Å²) in [7, 11) is 0. The Morgan fingerprint density at radius 3 is 3.00 bits per heavy atom. The van der Waals surface area contributed by atoms with Crippen LogP contribution < -0.4 is 11.1 Å². The summed E-state index contributed by atoms with van der Waals surface area (Å²) in [4.78, 5) is 8.66. The third-order valence-electron chi connectivity index (χ3n) is 2.43. The van der Waals surface area contributed by atoms with E-state index in [1.54, 1.807) is 18.5 Å². The Labute approximate surface area is 110 Å². The van der Waals surface area contributed by atoms with E-state index in [2.05, 4.69) is 15.3 Å². The van der Waals surface area contributed by atoms with Crippen LogP contribution in [0.25, 0.3) is 0 Å². The molecule has 0 atom stereocenters. The maximum absolute atomic E-state index is 5.62. The van der Waals surface area contributed by atoms with Crippen LogP contribution in [-0.2, 0) is 13.0 Å². The first-order valence-corrected chi connectivity index (χ1v) is 6.03. The van der Waals surface area contributed by atoms with Crippen LogP contribution in [0, 0.1) is 0 Å². The minimum atomic E-state index is 0.312. The van der Waals surface area contributed by atoms with Gasteiger partial charge in [-0.3, -0.25) is 0 Å². The summed E-state index contributed by atoms with van der Waals surface area (Å²) in [5.41, 5.74) is 6.34. The zero-order chi connectivity index (χ0) is 13.0. The highest BCUT2D eigenvalue weighted by molar-refractivity contribution is 7.80. The fraction of sp³-hybridized carbons (Fsp3) is 0.250. The van der Waals surface area contributed by atoms with Gasteiger partial charge in [0, 0.05) is 12.6 Å². The molecular formula is C12H14N4OS. The van der Waals surface area contributed by atoms with E-state index in [0.29, 0.717) is 23.2 Å². The second kappa shape index (κ2) is 5.59. The van der Waals surface area contributed by atoms with Crippen LogP contribution in [0.2, 0.25) is 0 Å². The Balaban J connectivity index is 2.08. The number of aryl methyl sites for hydroxylation is 1. The van der Waals surface area contributed by atoms with E-state index in [4.69, 9.17) is 22.4 Å². The number of hydrogen-bond acceptors (Lipinski definition) is 5. The van der Waals surface area contributed by atoms with Crippen molar-refractivity contribution < 1.29 is 4.42 Å². The number of nitrogens with one attached hydrogen (secondary N) is 1. The van der Waals surface area contributed by atoms with Gasteiger partial charge in [-0.25, -0.2) is 9.97 Å². The lowest BCUT2D eigenvalue weighted by Gasteiger charge is -2.07. The van der Waals surface area contributed by atoms with Gasteiger partial charge in [-0.2, -0.15) is 0 Å². The summed E-state index contributed by atoms with van der Waals surface area (Å²) >= 11 is 4.96. The normalized spacial score (nSPS) is 10.3. The van der Waals surface area contributed by atoms with Gasteiger partial charge < -0.3 is 15.5 Å². The second-order valence-corrected chi connectivity index (χ2v) is 4.13. The average molecular weight is 262 g/mol.